The lowest BCUT2D eigenvalue weighted by Crippen LogP contribution is -2.45. The lowest BCUT2D eigenvalue weighted by Gasteiger charge is -2.31. The minimum Gasteiger partial charge on any atom is -0.468 e. The van der Waals surface area contributed by atoms with Gasteiger partial charge in [-0.2, -0.15) is 0 Å². The van der Waals surface area contributed by atoms with E-state index >= 15 is 0 Å². The van der Waals surface area contributed by atoms with E-state index in [0.717, 1.165) is 43.8 Å². The first-order valence-electron chi connectivity index (χ1n) is 8.98. The molecule has 4 rings (SSSR count). The lowest BCUT2D eigenvalue weighted by atomic mass is 10.1. The fourth-order valence-corrected chi connectivity index (χ4v) is 3.83. The number of amides is 2. The molecule has 0 bridgehead atoms. The maximum atomic E-state index is 12.4. The molecule has 1 saturated heterocycles. The Morgan fingerprint density at radius 1 is 1.19 bits per heavy atom. The number of anilines is 1. The van der Waals surface area contributed by atoms with E-state index in [-0.39, 0.29) is 12.1 Å². The third-order valence-corrected chi connectivity index (χ3v) is 5.29. The Labute approximate surface area is 161 Å². The van der Waals surface area contributed by atoms with E-state index in [0.29, 0.717) is 10.7 Å². The molecular formula is C19H21N5O2S. The highest BCUT2D eigenvalue weighted by Crippen LogP contribution is 2.28. The summed E-state index contributed by atoms with van der Waals surface area (Å²) >= 11 is 1.19. The number of nitrogens with zero attached hydrogens (tertiary/aromatic N) is 3. The highest BCUT2D eigenvalue weighted by atomic mass is 32.1. The number of hydrogen-bond donors (Lipinski definition) is 2. The van der Waals surface area contributed by atoms with Crippen LogP contribution in [0.4, 0.5) is 9.80 Å². The molecule has 1 aliphatic heterocycles. The van der Waals surface area contributed by atoms with Crippen molar-refractivity contribution >= 4 is 22.6 Å². The normalized spacial score (nSPS) is 15.6. The number of carbonyl (C=O) groups excluding carboxylic acids is 1. The fourth-order valence-electron chi connectivity index (χ4n) is 3.24. The van der Waals surface area contributed by atoms with Crippen LogP contribution in [0.2, 0.25) is 0 Å². The summed E-state index contributed by atoms with van der Waals surface area (Å²) in [7, 11) is 0. The zero-order valence-corrected chi connectivity index (χ0v) is 15.6. The highest BCUT2D eigenvalue weighted by molar-refractivity contribution is 7.10. The number of carbonyl (C=O) groups is 1. The summed E-state index contributed by atoms with van der Waals surface area (Å²) in [5, 5.41) is 10.8. The SMILES string of the molecule is O=C(Nc1snnc1-c1ccccc1)NC1CCN(Cc2ccco2)CC1. The molecule has 1 fully saturated rings. The summed E-state index contributed by atoms with van der Waals surface area (Å²) in [6.45, 7) is 2.69. The molecule has 0 aliphatic carbocycles. The van der Waals surface area contributed by atoms with Gasteiger partial charge < -0.3 is 9.73 Å². The molecule has 3 heterocycles. The van der Waals surface area contributed by atoms with Gasteiger partial charge in [0.25, 0.3) is 0 Å². The largest absolute Gasteiger partial charge is 0.468 e. The van der Waals surface area contributed by atoms with Crippen molar-refractivity contribution in [2.24, 2.45) is 0 Å². The minimum atomic E-state index is -0.206. The molecule has 0 saturated carbocycles. The predicted octanol–water partition coefficient (Wildman–Crippen LogP) is 3.58. The number of furan rings is 1. The summed E-state index contributed by atoms with van der Waals surface area (Å²) in [6, 6.07) is 13.6. The number of hydrogen-bond acceptors (Lipinski definition) is 6. The number of aromatic nitrogens is 2. The molecule has 2 aromatic heterocycles. The molecule has 0 radical (unpaired) electrons. The van der Waals surface area contributed by atoms with Crippen LogP contribution in [0.3, 0.4) is 0 Å². The average Bonchev–Trinajstić information content (AvgIpc) is 3.36. The van der Waals surface area contributed by atoms with Crippen LogP contribution in [0.1, 0.15) is 18.6 Å². The zero-order valence-electron chi connectivity index (χ0n) is 14.8. The van der Waals surface area contributed by atoms with Gasteiger partial charge in [0, 0.05) is 36.2 Å². The second-order valence-corrected chi connectivity index (χ2v) is 7.30. The maximum absolute atomic E-state index is 12.4. The van der Waals surface area contributed by atoms with Crippen molar-refractivity contribution in [3.8, 4) is 11.3 Å². The second kappa shape index (κ2) is 8.32. The van der Waals surface area contributed by atoms with Crippen LogP contribution in [0, 0.1) is 0 Å². The van der Waals surface area contributed by atoms with Crippen LogP contribution >= 0.6 is 11.5 Å². The summed E-state index contributed by atoms with van der Waals surface area (Å²) < 4.78 is 9.38. The van der Waals surface area contributed by atoms with Gasteiger partial charge in [-0.15, -0.1) is 5.10 Å². The summed E-state index contributed by atoms with van der Waals surface area (Å²) in [5.74, 6) is 0.977. The van der Waals surface area contributed by atoms with Crippen LogP contribution in [0.25, 0.3) is 11.3 Å². The van der Waals surface area contributed by atoms with E-state index in [9.17, 15) is 4.79 Å². The first kappa shape index (κ1) is 17.7. The third-order valence-electron chi connectivity index (χ3n) is 4.64. The monoisotopic (exact) mass is 383 g/mol. The van der Waals surface area contributed by atoms with Gasteiger partial charge in [-0.3, -0.25) is 10.2 Å². The molecule has 1 aliphatic rings. The summed E-state index contributed by atoms with van der Waals surface area (Å²) in [4.78, 5) is 14.7. The number of rotatable bonds is 5. The molecule has 140 valence electrons. The first-order chi connectivity index (χ1) is 13.3. The number of likely N-dealkylation sites (tertiary alicyclic amines) is 1. The molecule has 2 amide bonds. The Hall–Kier alpha value is -2.71. The average molecular weight is 383 g/mol. The summed E-state index contributed by atoms with van der Waals surface area (Å²) in [6.07, 6.45) is 3.53. The minimum absolute atomic E-state index is 0.166. The number of benzene rings is 1. The molecular weight excluding hydrogens is 362 g/mol. The Morgan fingerprint density at radius 3 is 2.74 bits per heavy atom. The van der Waals surface area contributed by atoms with Crippen molar-refractivity contribution in [3.05, 3.63) is 54.5 Å². The standard InChI is InChI=1S/C19H21N5O2S/c25-19(21-18-17(22-23-27-18)14-5-2-1-3-6-14)20-15-8-10-24(11-9-15)13-16-7-4-12-26-16/h1-7,12,15H,8-11,13H2,(H2,20,21,25). The van der Waals surface area contributed by atoms with Crippen molar-refractivity contribution < 1.29 is 9.21 Å². The maximum Gasteiger partial charge on any atom is 0.320 e. The van der Waals surface area contributed by atoms with Crippen LogP contribution in [0.5, 0.6) is 0 Å². The van der Waals surface area contributed by atoms with Crippen molar-refractivity contribution in [1.82, 2.24) is 19.8 Å². The lowest BCUT2D eigenvalue weighted by molar-refractivity contribution is 0.179. The quantitative estimate of drug-likeness (QED) is 0.704. The Kier molecular flexibility index (Phi) is 5.45. The van der Waals surface area contributed by atoms with Crippen molar-refractivity contribution in [2.45, 2.75) is 25.4 Å². The number of urea groups is 1. The molecule has 7 nitrogen and oxygen atoms in total. The molecule has 8 heteroatoms. The van der Waals surface area contributed by atoms with Crippen molar-refractivity contribution in [1.29, 1.82) is 0 Å². The van der Waals surface area contributed by atoms with Gasteiger partial charge in [0.05, 0.1) is 12.8 Å². The van der Waals surface area contributed by atoms with Crippen molar-refractivity contribution in [2.75, 3.05) is 18.4 Å². The Bertz CT molecular complexity index is 857. The molecule has 3 aromatic rings. The second-order valence-electron chi connectivity index (χ2n) is 6.54. The van der Waals surface area contributed by atoms with Gasteiger partial charge in [-0.25, -0.2) is 4.79 Å². The Balaban J connectivity index is 1.28. The van der Waals surface area contributed by atoms with Gasteiger partial charge in [0.1, 0.15) is 16.5 Å². The van der Waals surface area contributed by atoms with E-state index in [1.165, 1.54) is 11.5 Å². The molecule has 27 heavy (non-hydrogen) atoms. The van der Waals surface area contributed by atoms with Gasteiger partial charge in [-0.05, 0) is 25.0 Å². The predicted molar refractivity (Wildman–Crippen MR) is 105 cm³/mol. The number of nitrogens with one attached hydrogen (secondary N) is 2. The van der Waals surface area contributed by atoms with Gasteiger partial charge in [-0.1, -0.05) is 34.8 Å². The first-order valence-corrected chi connectivity index (χ1v) is 9.75. The van der Waals surface area contributed by atoms with Crippen molar-refractivity contribution in [3.63, 3.8) is 0 Å². The van der Waals surface area contributed by atoms with Gasteiger partial charge in [0.2, 0.25) is 0 Å². The third kappa shape index (κ3) is 4.53. The van der Waals surface area contributed by atoms with Crippen LogP contribution in [0.15, 0.2) is 53.1 Å². The number of piperidine rings is 1. The molecule has 0 atom stereocenters. The zero-order chi connectivity index (χ0) is 18.5. The highest BCUT2D eigenvalue weighted by Gasteiger charge is 2.22. The van der Waals surface area contributed by atoms with Gasteiger partial charge in [0.15, 0.2) is 0 Å². The topological polar surface area (TPSA) is 83.3 Å². The van der Waals surface area contributed by atoms with Crippen LogP contribution in [-0.4, -0.2) is 39.6 Å². The fraction of sp³-hybridized carbons (Fsp3) is 0.316. The van der Waals surface area contributed by atoms with E-state index in [4.69, 9.17) is 4.42 Å². The van der Waals surface area contributed by atoms with Gasteiger partial charge >= 0.3 is 6.03 Å². The molecule has 0 unspecified atom stereocenters. The van der Waals surface area contributed by atoms with E-state index in [1.54, 1.807) is 6.26 Å². The molecule has 1 aromatic carbocycles. The van der Waals surface area contributed by atoms with Crippen LogP contribution in [-0.2, 0) is 6.54 Å². The van der Waals surface area contributed by atoms with E-state index in [2.05, 4.69) is 25.1 Å². The smallest absolute Gasteiger partial charge is 0.320 e. The van der Waals surface area contributed by atoms with E-state index < -0.39 is 0 Å². The molecule has 2 N–H and O–H groups in total. The van der Waals surface area contributed by atoms with Crippen LogP contribution < -0.4 is 10.6 Å². The molecule has 0 spiro atoms. The Morgan fingerprint density at radius 2 is 2.00 bits per heavy atom. The summed E-state index contributed by atoms with van der Waals surface area (Å²) in [5.41, 5.74) is 1.64. The van der Waals surface area contributed by atoms with E-state index in [1.807, 2.05) is 42.5 Å².